The molecule has 1 aromatic carbocycles. The second-order valence-electron chi connectivity index (χ2n) is 7.43. The number of fused-ring (bicyclic) bond motifs is 1. The smallest absolute Gasteiger partial charge is 0.247 e. The first kappa shape index (κ1) is 21.4. The molecule has 5 rings (SSSR count). The second-order valence-corrected chi connectivity index (χ2v) is 7.84. The van der Waals surface area contributed by atoms with E-state index in [1.165, 1.54) is 6.08 Å². The number of nitrogens with zero attached hydrogens (tertiary/aromatic N) is 5. The van der Waals surface area contributed by atoms with Crippen LogP contribution in [0, 0.1) is 0 Å². The normalized spacial score (nSPS) is 10.9. The van der Waals surface area contributed by atoms with Crippen molar-refractivity contribution in [3.63, 3.8) is 0 Å². The summed E-state index contributed by atoms with van der Waals surface area (Å²) in [5.74, 6) is 0.156. The number of benzene rings is 1. The van der Waals surface area contributed by atoms with E-state index in [0.717, 1.165) is 27.8 Å². The molecule has 0 saturated carbocycles. The monoisotopic (exact) mass is 470 g/mol. The summed E-state index contributed by atoms with van der Waals surface area (Å²) in [7, 11) is 0. The lowest BCUT2D eigenvalue weighted by Gasteiger charge is -2.07. The lowest BCUT2D eigenvalue weighted by Crippen LogP contribution is -2.07. The summed E-state index contributed by atoms with van der Waals surface area (Å²) in [5, 5.41) is 11.7. The lowest BCUT2D eigenvalue weighted by atomic mass is 10.1. The number of H-pyrrole nitrogens is 1. The van der Waals surface area contributed by atoms with Gasteiger partial charge in [0.15, 0.2) is 0 Å². The van der Waals surface area contributed by atoms with Crippen LogP contribution >= 0.6 is 11.6 Å². The summed E-state index contributed by atoms with van der Waals surface area (Å²) < 4.78 is 1.79. The first-order valence-electron chi connectivity index (χ1n) is 10.4. The summed E-state index contributed by atoms with van der Waals surface area (Å²) in [4.78, 5) is 27.8. The molecule has 3 N–H and O–H groups in total. The predicted molar refractivity (Wildman–Crippen MR) is 132 cm³/mol. The fraction of sp³-hybridized carbons (Fsp3) is 0.0417. The number of pyridine rings is 1. The van der Waals surface area contributed by atoms with Gasteiger partial charge in [-0.15, -0.1) is 0 Å². The van der Waals surface area contributed by atoms with Gasteiger partial charge in [-0.1, -0.05) is 30.3 Å². The van der Waals surface area contributed by atoms with Crippen LogP contribution < -0.4 is 10.6 Å². The van der Waals surface area contributed by atoms with Crippen LogP contribution in [-0.4, -0.2) is 35.6 Å². The molecule has 0 aliphatic heterocycles. The minimum absolute atomic E-state index is 0.246. The third kappa shape index (κ3) is 4.50. The molecule has 0 saturated heterocycles. The Balaban J connectivity index is 1.31. The van der Waals surface area contributed by atoms with Gasteiger partial charge in [-0.25, -0.2) is 15.0 Å². The van der Waals surface area contributed by atoms with E-state index in [1.807, 2.05) is 48.8 Å². The number of carbonyl (C=O) groups is 1. The summed E-state index contributed by atoms with van der Waals surface area (Å²) in [6, 6.07) is 11.4. The number of amides is 1. The predicted octanol–water partition coefficient (Wildman–Crippen LogP) is 4.79. The first-order chi connectivity index (χ1) is 16.6. The molecule has 0 spiro atoms. The van der Waals surface area contributed by atoms with E-state index in [0.29, 0.717) is 28.9 Å². The van der Waals surface area contributed by atoms with Gasteiger partial charge < -0.3 is 15.6 Å². The van der Waals surface area contributed by atoms with Gasteiger partial charge in [-0.2, -0.15) is 5.10 Å². The molecule has 0 unspecified atom stereocenters. The molecular formula is C24H19ClN8O. The van der Waals surface area contributed by atoms with Crippen molar-refractivity contribution in [1.29, 1.82) is 0 Å². The molecule has 4 heterocycles. The molecule has 9 nitrogen and oxygen atoms in total. The van der Waals surface area contributed by atoms with E-state index in [-0.39, 0.29) is 5.91 Å². The first-order valence-corrected chi connectivity index (χ1v) is 10.7. The number of aromatic amines is 1. The molecule has 5 aromatic rings. The van der Waals surface area contributed by atoms with Crippen molar-refractivity contribution in [1.82, 2.24) is 29.7 Å². The fourth-order valence-electron chi connectivity index (χ4n) is 3.49. The van der Waals surface area contributed by atoms with Crippen LogP contribution in [0.15, 0.2) is 80.0 Å². The van der Waals surface area contributed by atoms with Crippen LogP contribution in [0.4, 0.5) is 17.3 Å². The number of hydrogen-bond donors (Lipinski definition) is 3. The van der Waals surface area contributed by atoms with E-state index in [4.69, 9.17) is 11.6 Å². The number of halogens is 1. The van der Waals surface area contributed by atoms with Gasteiger partial charge in [0.2, 0.25) is 11.9 Å². The van der Waals surface area contributed by atoms with Gasteiger partial charge in [0.05, 0.1) is 35.3 Å². The molecule has 0 aliphatic carbocycles. The van der Waals surface area contributed by atoms with Gasteiger partial charge >= 0.3 is 0 Å². The number of hydrogen-bond acceptors (Lipinski definition) is 6. The molecule has 1 amide bonds. The maximum absolute atomic E-state index is 11.4. The van der Waals surface area contributed by atoms with Crippen LogP contribution in [0.5, 0.6) is 0 Å². The number of aromatic nitrogens is 6. The molecule has 168 valence electrons. The number of nitrogens with one attached hydrogen (secondary N) is 3. The molecular weight excluding hydrogens is 452 g/mol. The van der Waals surface area contributed by atoms with E-state index >= 15 is 0 Å². The van der Waals surface area contributed by atoms with Gasteiger partial charge in [-0.05, 0) is 35.9 Å². The van der Waals surface area contributed by atoms with E-state index in [2.05, 4.69) is 42.2 Å². The Morgan fingerprint density at radius 2 is 2.00 bits per heavy atom. The second kappa shape index (κ2) is 9.16. The standard InChI is InChI=1S/C24H19ClN8O/c1-2-21(34)30-16-7-5-15(6-8-16)13-33-14-17(10-29-33)31-24-28-12-20(25)22(32-24)19-11-27-23-18(19)4-3-9-26-23/h2-12,14H,1,13H2,(H,26,27)(H,30,34)(H,28,31,32). The maximum Gasteiger partial charge on any atom is 0.247 e. The van der Waals surface area contributed by atoms with Crippen molar-refractivity contribution in [3.8, 4) is 11.3 Å². The summed E-state index contributed by atoms with van der Waals surface area (Å²) >= 11 is 6.40. The quantitative estimate of drug-likeness (QED) is 0.295. The van der Waals surface area contributed by atoms with E-state index < -0.39 is 0 Å². The molecule has 34 heavy (non-hydrogen) atoms. The van der Waals surface area contributed by atoms with E-state index in [1.54, 1.807) is 23.3 Å². The maximum atomic E-state index is 11.4. The third-order valence-electron chi connectivity index (χ3n) is 5.09. The van der Waals surface area contributed by atoms with Crippen molar-refractivity contribution < 1.29 is 4.79 Å². The average molecular weight is 471 g/mol. The summed E-state index contributed by atoms with van der Waals surface area (Å²) in [6.07, 6.45) is 9.92. The van der Waals surface area contributed by atoms with Crippen molar-refractivity contribution in [2.75, 3.05) is 10.6 Å². The average Bonchev–Trinajstić information content (AvgIpc) is 3.48. The molecule has 0 aliphatic rings. The zero-order valence-electron chi connectivity index (χ0n) is 17.9. The largest absolute Gasteiger partial charge is 0.345 e. The Morgan fingerprint density at radius 1 is 1.15 bits per heavy atom. The Labute approximate surface area is 199 Å². The van der Waals surface area contributed by atoms with Crippen molar-refractivity contribution in [3.05, 3.63) is 90.6 Å². The van der Waals surface area contributed by atoms with Gasteiger partial charge in [0.25, 0.3) is 0 Å². The van der Waals surface area contributed by atoms with Crippen LogP contribution in [-0.2, 0) is 11.3 Å². The Bertz CT molecular complexity index is 1490. The van der Waals surface area contributed by atoms with Crippen LogP contribution in [0.3, 0.4) is 0 Å². The highest BCUT2D eigenvalue weighted by atomic mass is 35.5. The van der Waals surface area contributed by atoms with E-state index in [9.17, 15) is 4.79 Å². The highest BCUT2D eigenvalue weighted by molar-refractivity contribution is 6.33. The molecule has 0 bridgehead atoms. The van der Waals surface area contributed by atoms with Crippen LogP contribution in [0.2, 0.25) is 5.02 Å². The third-order valence-corrected chi connectivity index (χ3v) is 5.37. The topological polar surface area (TPSA) is 113 Å². The molecule has 0 radical (unpaired) electrons. The minimum Gasteiger partial charge on any atom is -0.345 e. The Kier molecular flexibility index (Phi) is 5.75. The van der Waals surface area contributed by atoms with Gasteiger partial charge in [-0.3, -0.25) is 9.48 Å². The number of anilines is 3. The van der Waals surface area contributed by atoms with Gasteiger partial charge in [0, 0.05) is 35.2 Å². The molecule has 0 atom stereocenters. The SMILES string of the molecule is C=CC(=O)Nc1ccc(Cn2cc(Nc3ncc(Cl)c(-c4c[nH]c5ncccc45)n3)cn2)cc1. The minimum atomic E-state index is -0.246. The molecule has 10 heteroatoms. The summed E-state index contributed by atoms with van der Waals surface area (Å²) in [6.45, 7) is 4.01. The zero-order chi connectivity index (χ0) is 23.5. The highest BCUT2D eigenvalue weighted by Crippen LogP contribution is 2.32. The van der Waals surface area contributed by atoms with Crippen molar-refractivity contribution >= 4 is 45.9 Å². The molecule has 4 aromatic heterocycles. The summed E-state index contributed by atoms with van der Waals surface area (Å²) in [5.41, 5.74) is 4.70. The molecule has 0 fully saturated rings. The number of rotatable bonds is 7. The Hall–Kier alpha value is -4.50. The number of carbonyl (C=O) groups excluding carboxylic acids is 1. The Morgan fingerprint density at radius 3 is 2.82 bits per heavy atom. The van der Waals surface area contributed by atoms with Gasteiger partial charge in [0.1, 0.15) is 5.65 Å². The van der Waals surface area contributed by atoms with Crippen molar-refractivity contribution in [2.45, 2.75) is 6.54 Å². The lowest BCUT2D eigenvalue weighted by molar-refractivity contribution is -0.111. The van der Waals surface area contributed by atoms with Crippen molar-refractivity contribution in [2.24, 2.45) is 0 Å². The van der Waals surface area contributed by atoms with Crippen LogP contribution in [0.1, 0.15) is 5.56 Å². The highest BCUT2D eigenvalue weighted by Gasteiger charge is 2.14. The zero-order valence-corrected chi connectivity index (χ0v) is 18.6. The fourth-order valence-corrected chi connectivity index (χ4v) is 3.68. The van der Waals surface area contributed by atoms with Crippen LogP contribution in [0.25, 0.3) is 22.3 Å².